The van der Waals surface area contributed by atoms with Crippen LogP contribution in [0.2, 0.25) is 0 Å². The molecule has 70 valence electrons. The van der Waals surface area contributed by atoms with E-state index in [9.17, 15) is 0 Å². The molecule has 1 aliphatic rings. The first-order chi connectivity index (χ1) is 6.84. The van der Waals surface area contributed by atoms with Crippen molar-refractivity contribution in [3.8, 4) is 11.1 Å². The monoisotopic (exact) mass is 218 g/mol. The lowest BCUT2D eigenvalue weighted by Crippen LogP contribution is -1.83. The third kappa shape index (κ3) is 1.22. The highest BCUT2D eigenvalue weighted by Gasteiger charge is 2.17. The summed E-state index contributed by atoms with van der Waals surface area (Å²) in [6, 6.07) is 13.2. The van der Waals surface area contributed by atoms with E-state index in [-0.39, 0.29) is 1.43 Å². The van der Waals surface area contributed by atoms with Gasteiger partial charge in [-0.15, -0.1) is 9.24 Å². The molecule has 0 N–H and O–H groups in total. The van der Waals surface area contributed by atoms with Gasteiger partial charge in [0.25, 0.3) is 0 Å². The Balaban J connectivity index is 0.000000853. The largest absolute Gasteiger partial charge is 0.101 e. The van der Waals surface area contributed by atoms with Crippen LogP contribution in [0.3, 0.4) is 0 Å². The van der Waals surface area contributed by atoms with E-state index in [0.717, 1.165) is 6.42 Å². The lowest BCUT2D eigenvalue weighted by molar-refractivity contribution is 1.31. The van der Waals surface area contributed by atoms with Crippen LogP contribution in [0.1, 0.15) is 12.3 Å². The second-order valence-electron chi connectivity index (χ2n) is 3.56. The van der Waals surface area contributed by atoms with Crippen LogP contribution in [0.5, 0.6) is 0 Å². The average molecular weight is 218 g/mol. The molecule has 14 heavy (non-hydrogen) atoms. The predicted molar refractivity (Wildman–Crippen MR) is 68.7 cm³/mol. The van der Waals surface area contributed by atoms with Crippen LogP contribution < -0.4 is 5.04 Å². The number of benzene rings is 1. The maximum absolute atomic E-state index is 2.80. The van der Waals surface area contributed by atoms with Crippen molar-refractivity contribution in [3.05, 3.63) is 47.3 Å². The molecule has 0 fully saturated rings. The Labute approximate surface area is 89.2 Å². The summed E-state index contributed by atoms with van der Waals surface area (Å²) in [6.07, 6.45) is 1.13. The van der Waals surface area contributed by atoms with Gasteiger partial charge in [0.05, 0.1) is 0 Å². The molecule has 1 heterocycles. The summed E-state index contributed by atoms with van der Waals surface area (Å²) in [5.41, 5.74) is 4.37. The molecule has 0 saturated heterocycles. The van der Waals surface area contributed by atoms with E-state index in [2.05, 4.69) is 45.6 Å². The smallest absolute Gasteiger partial charge is 0.00305 e. The Bertz CT molecular complexity index is 509. The first kappa shape index (κ1) is 8.60. The summed E-state index contributed by atoms with van der Waals surface area (Å²) >= 11 is 0. The zero-order valence-electron chi connectivity index (χ0n) is 7.70. The second kappa shape index (κ2) is 3.16. The van der Waals surface area contributed by atoms with Crippen molar-refractivity contribution in [3.63, 3.8) is 0 Å². The molecular weight excluding hydrogens is 206 g/mol. The molecule has 1 unspecified atom stereocenters. The van der Waals surface area contributed by atoms with E-state index in [1.54, 1.807) is 5.30 Å². The summed E-state index contributed by atoms with van der Waals surface area (Å²) in [5, 5.41) is 2.93. The maximum Gasteiger partial charge on any atom is 0.00305 e. The SMILES string of the molecule is Pc1ccc2c(p1)Cc1ccccc1-2.[HH]. The Morgan fingerprint density at radius 1 is 1.07 bits per heavy atom. The molecule has 0 spiro atoms. The van der Waals surface area contributed by atoms with Crippen LogP contribution in [0.25, 0.3) is 11.1 Å². The Morgan fingerprint density at radius 3 is 2.86 bits per heavy atom. The molecule has 1 aromatic carbocycles. The Morgan fingerprint density at radius 2 is 1.93 bits per heavy atom. The lowest BCUT2D eigenvalue weighted by atomic mass is 10.1. The van der Waals surface area contributed by atoms with Crippen LogP contribution in [0.4, 0.5) is 0 Å². The van der Waals surface area contributed by atoms with Crippen LogP contribution in [0.15, 0.2) is 36.4 Å². The highest BCUT2D eigenvalue weighted by atomic mass is 31.1. The molecule has 1 aliphatic carbocycles. The summed E-state index contributed by atoms with van der Waals surface area (Å²) in [7, 11) is 4.18. The van der Waals surface area contributed by atoms with Gasteiger partial charge in [-0.3, -0.25) is 0 Å². The molecule has 0 bridgehead atoms. The van der Waals surface area contributed by atoms with Gasteiger partial charge in [-0.25, -0.2) is 0 Å². The van der Waals surface area contributed by atoms with Gasteiger partial charge in [-0.05, 0) is 33.1 Å². The fourth-order valence-corrected chi connectivity index (χ4v) is 3.61. The van der Waals surface area contributed by atoms with Crippen molar-refractivity contribution < 1.29 is 1.43 Å². The fourth-order valence-electron chi connectivity index (χ4n) is 2.02. The Hall–Kier alpha value is -0.700. The van der Waals surface area contributed by atoms with Gasteiger partial charge in [0.1, 0.15) is 0 Å². The van der Waals surface area contributed by atoms with E-state index in [1.807, 2.05) is 0 Å². The fraction of sp³-hybridized carbons (Fsp3) is 0.0833. The van der Waals surface area contributed by atoms with Crippen LogP contribution >= 0.6 is 17.4 Å². The van der Waals surface area contributed by atoms with Crippen LogP contribution in [0, 0.1) is 0 Å². The molecule has 2 heteroatoms. The normalized spacial score (nSPS) is 12.9. The van der Waals surface area contributed by atoms with E-state index in [4.69, 9.17) is 0 Å². The number of hydrogen-bond acceptors (Lipinski definition) is 0. The van der Waals surface area contributed by atoms with Gasteiger partial charge in [0, 0.05) is 7.85 Å². The standard InChI is InChI=1S/C12H10P2.H2/c13-12-6-5-10-9-4-2-1-3-8(9)7-11(10)14-12;/h1-6H,7,13H2;1H. The van der Waals surface area contributed by atoms with Crippen molar-refractivity contribution in [1.29, 1.82) is 0 Å². The molecule has 1 atom stereocenters. The average Bonchev–Trinajstić information content (AvgIpc) is 2.54. The molecule has 1 aromatic heterocycles. The zero-order chi connectivity index (χ0) is 9.54. The van der Waals surface area contributed by atoms with Crippen LogP contribution in [-0.2, 0) is 6.42 Å². The third-order valence-corrected chi connectivity index (χ3v) is 4.32. The summed E-state index contributed by atoms with van der Waals surface area (Å²) < 4.78 is 0. The highest BCUT2D eigenvalue weighted by molar-refractivity contribution is 7.52. The maximum atomic E-state index is 2.80. The molecule has 0 nitrogen and oxygen atoms in total. The number of rotatable bonds is 0. The van der Waals surface area contributed by atoms with Crippen molar-refractivity contribution in [2.75, 3.05) is 0 Å². The van der Waals surface area contributed by atoms with Gasteiger partial charge in [-0.2, -0.15) is 0 Å². The van der Waals surface area contributed by atoms with Crippen molar-refractivity contribution in [1.82, 2.24) is 0 Å². The number of fused-ring (bicyclic) bond motifs is 3. The second-order valence-corrected chi connectivity index (χ2v) is 5.95. The van der Waals surface area contributed by atoms with Crippen molar-refractivity contribution >= 4 is 22.5 Å². The molecular formula is C12H12P2. The minimum atomic E-state index is 0. The topological polar surface area (TPSA) is 0 Å². The van der Waals surface area contributed by atoms with E-state index < -0.39 is 0 Å². The molecule has 0 saturated carbocycles. The first-order valence-electron chi connectivity index (χ1n) is 4.68. The quantitative estimate of drug-likeness (QED) is 0.506. The molecule has 0 radical (unpaired) electrons. The minimum Gasteiger partial charge on any atom is -0.101 e. The lowest BCUT2D eigenvalue weighted by Gasteiger charge is -1.99. The Kier molecular flexibility index (Phi) is 1.94. The summed E-state index contributed by atoms with van der Waals surface area (Å²) in [6.45, 7) is 0. The zero-order valence-corrected chi connectivity index (χ0v) is 9.74. The van der Waals surface area contributed by atoms with Crippen LogP contribution in [-0.4, -0.2) is 0 Å². The van der Waals surface area contributed by atoms with Crippen molar-refractivity contribution in [2.45, 2.75) is 6.42 Å². The minimum absolute atomic E-state index is 0. The molecule has 0 amide bonds. The van der Waals surface area contributed by atoms with Crippen molar-refractivity contribution in [2.24, 2.45) is 0 Å². The summed E-state index contributed by atoms with van der Waals surface area (Å²) in [5.74, 6) is 0. The first-order valence-corrected chi connectivity index (χ1v) is 6.15. The molecule has 2 aromatic rings. The highest BCUT2D eigenvalue weighted by Crippen LogP contribution is 2.39. The van der Waals surface area contributed by atoms with E-state index in [0.29, 0.717) is 0 Å². The van der Waals surface area contributed by atoms with Gasteiger partial charge >= 0.3 is 0 Å². The molecule has 0 aliphatic heterocycles. The third-order valence-electron chi connectivity index (χ3n) is 2.66. The van der Waals surface area contributed by atoms with E-state index in [1.165, 1.54) is 29.9 Å². The van der Waals surface area contributed by atoms with Gasteiger partial charge in [0.15, 0.2) is 0 Å². The number of hydrogen-bond donors (Lipinski definition) is 0. The predicted octanol–water partition coefficient (Wildman–Crippen LogP) is 3.58. The van der Waals surface area contributed by atoms with Gasteiger partial charge in [-0.1, -0.05) is 38.5 Å². The van der Waals surface area contributed by atoms with Gasteiger partial charge in [0.2, 0.25) is 0 Å². The van der Waals surface area contributed by atoms with E-state index >= 15 is 0 Å². The summed E-state index contributed by atoms with van der Waals surface area (Å²) in [4.78, 5) is 0. The van der Waals surface area contributed by atoms with Gasteiger partial charge < -0.3 is 0 Å². The molecule has 3 rings (SSSR count).